The van der Waals surface area contributed by atoms with Gasteiger partial charge in [-0.3, -0.25) is 9.48 Å². The summed E-state index contributed by atoms with van der Waals surface area (Å²) in [5.74, 6) is 0.793. The van der Waals surface area contributed by atoms with Crippen molar-refractivity contribution in [3.05, 3.63) is 11.9 Å². The summed E-state index contributed by atoms with van der Waals surface area (Å²) >= 11 is 0. The Morgan fingerprint density at radius 2 is 2.25 bits per heavy atom. The van der Waals surface area contributed by atoms with Crippen LogP contribution in [0.1, 0.15) is 42.6 Å². The summed E-state index contributed by atoms with van der Waals surface area (Å²) in [6.45, 7) is 0. The van der Waals surface area contributed by atoms with Crippen molar-refractivity contribution >= 4 is 17.6 Å². The van der Waals surface area contributed by atoms with Crippen LogP contribution >= 0.6 is 0 Å². The first-order valence-corrected chi connectivity index (χ1v) is 7.09. The van der Waals surface area contributed by atoms with E-state index in [0.29, 0.717) is 18.3 Å². The van der Waals surface area contributed by atoms with E-state index in [1.54, 1.807) is 7.05 Å². The predicted octanol–water partition coefficient (Wildman–Crippen LogP) is 1.88. The molecule has 2 N–H and O–H groups in total. The van der Waals surface area contributed by atoms with Gasteiger partial charge in [-0.1, -0.05) is 6.42 Å². The molecule has 108 valence electrons. The van der Waals surface area contributed by atoms with E-state index in [2.05, 4.69) is 10.4 Å². The van der Waals surface area contributed by atoms with E-state index in [-0.39, 0.29) is 17.3 Å². The minimum absolute atomic E-state index is 0.0197. The quantitative estimate of drug-likeness (QED) is 0.880. The maximum Gasteiger partial charge on any atom is 0.356 e. The monoisotopic (exact) mass is 277 g/mol. The molecule has 2 fully saturated rings. The molecule has 3 atom stereocenters. The lowest BCUT2D eigenvalue weighted by Gasteiger charge is -2.20. The minimum Gasteiger partial charge on any atom is -0.476 e. The normalized spacial score (nSPS) is 27.8. The van der Waals surface area contributed by atoms with Gasteiger partial charge in [0.15, 0.2) is 5.69 Å². The molecule has 0 spiro atoms. The number of anilines is 1. The van der Waals surface area contributed by atoms with Crippen LogP contribution in [0.3, 0.4) is 0 Å². The lowest BCUT2D eigenvalue weighted by atomic mass is 9.86. The highest BCUT2D eigenvalue weighted by atomic mass is 16.4. The number of aromatic nitrogens is 2. The Morgan fingerprint density at radius 3 is 2.85 bits per heavy atom. The molecule has 2 saturated carbocycles. The zero-order valence-corrected chi connectivity index (χ0v) is 11.5. The predicted molar refractivity (Wildman–Crippen MR) is 72.4 cm³/mol. The van der Waals surface area contributed by atoms with Crippen LogP contribution in [-0.4, -0.2) is 26.8 Å². The van der Waals surface area contributed by atoms with Crippen molar-refractivity contribution in [1.29, 1.82) is 0 Å². The van der Waals surface area contributed by atoms with Gasteiger partial charge in [-0.05, 0) is 37.0 Å². The van der Waals surface area contributed by atoms with E-state index in [1.165, 1.54) is 30.1 Å². The van der Waals surface area contributed by atoms with Gasteiger partial charge in [-0.15, -0.1) is 0 Å². The van der Waals surface area contributed by atoms with Crippen molar-refractivity contribution in [3.63, 3.8) is 0 Å². The Morgan fingerprint density at radius 1 is 1.45 bits per heavy atom. The maximum absolute atomic E-state index is 12.1. The van der Waals surface area contributed by atoms with Crippen LogP contribution in [0.2, 0.25) is 0 Å². The average Bonchev–Trinajstić information content (AvgIpc) is 3.04. The van der Waals surface area contributed by atoms with E-state index in [0.717, 1.165) is 12.3 Å². The van der Waals surface area contributed by atoms with Crippen molar-refractivity contribution < 1.29 is 14.7 Å². The summed E-state index contributed by atoms with van der Waals surface area (Å²) in [4.78, 5) is 23.2. The first-order chi connectivity index (χ1) is 9.54. The molecule has 2 aliphatic carbocycles. The molecular weight excluding hydrogens is 258 g/mol. The summed E-state index contributed by atoms with van der Waals surface area (Å²) in [5.41, 5.74) is 0.305. The molecule has 6 nitrogen and oxygen atoms in total. The van der Waals surface area contributed by atoms with Crippen molar-refractivity contribution in [3.8, 4) is 0 Å². The van der Waals surface area contributed by atoms with E-state index in [4.69, 9.17) is 5.11 Å². The third-order valence-electron chi connectivity index (χ3n) is 4.75. The number of carboxylic acid groups (broad SMARTS) is 1. The summed E-state index contributed by atoms with van der Waals surface area (Å²) in [6, 6.07) is 0. The van der Waals surface area contributed by atoms with Gasteiger partial charge >= 0.3 is 5.97 Å². The number of nitrogens with one attached hydrogen (secondary N) is 1. The standard InChI is InChI=1S/C14H19N3O3/c1-17-13(14(19)20)11(7-15-17)16-12(18)6-10-5-8-2-3-9(10)4-8/h7-10H,2-6H2,1H3,(H,16,18)(H,19,20). The fourth-order valence-electron chi connectivity index (χ4n) is 3.85. The van der Waals surface area contributed by atoms with E-state index < -0.39 is 5.97 Å². The highest BCUT2D eigenvalue weighted by Crippen LogP contribution is 2.49. The minimum atomic E-state index is -1.08. The lowest BCUT2D eigenvalue weighted by Crippen LogP contribution is -2.21. The van der Waals surface area contributed by atoms with Crippen LogP contribution in [0, 0.1) is 17.8 Å². The molecular formula is C14H19N3O3. The zero-order valence-electron chi connectivity index (χ0n) is 11.5. The van der Waals surface area contributed by atoms with Crippen molar-refractivity contribution in [2.24, 2.45) is 24.8 Å². The number of aryl methyl sites for hydroxylation is 1. The Labute approximate surface area is 117 Å². The summed E-state index contributed by atoms with van der Waals surface area (Å²) in [6.07, 6.45) is 6.86. The Balaban J connectivity index is 1.63. The van der Waals surface area contributed by atoms with Gasteiger partial charge in [0.05, 0.1) is 11.9 Å². The first kappa shape index (κ1) is 13.1. The van der Waals surface area contributed by atoms with E-state index in [1.807, 2.05) is 0 Å². The number of hydrogen-bond acceptors (Lipinski definition) is 3. The van der Waals surface area contributed by atoms with E-state index >= 15 is 0 Å². The zero-order chi connectivity index (χ0) is 14.3. The SMILES string of the molecule is Cn1ncc(NC(=O)CC2CC3CCC2C3)c1C(=O)O. The van der Waals surface area contributed by atoms with Crippen molar-refractivity contribution in [2.75, 3.05) is 5.32 Å². The molecule has 0 aliphatic heterocycles. The summed E-state index contributed by atoms with van der Waals surface area (Å²) in [5, 5.41) is 15.7. The summed E-state index contributed by atoms with van der Waals surface area (Å²) < 4.78 is 1.26. The van der Waals surface area contributed by atoms with Gasteiger partial charge in [-0.2, -0.15) is 5.10 Å². The fraction of sp³-hybridized carbons (Fsp3) is 0.643. The molecule has 1 aromatic rings. The Hall–Kier alpha value is -1.85. The van der Waals surface area contributed by atoms with Gasteiger partial charge in [0.2, 0.25) is 5.91 Å². The second-order valence-corrected chi connectivity index (χ2v) is 6.02. The molecule has 3 rings (SSSR count). The lowest BCUT2D eigenvalue weighted by molar-refractivity contribution is -0.117. The Bertz CT molecular complexity index is 552. The van der Waals surface area contributed by atoms with Crippen LogP contribution in [-0.2, 0) is 11.8 Å². The third kappa shape index (κ3) is 2.30. The summed E-state index contributed by atoms with van der Waals surface area (Å²) in [7, 11) is 1.55. The number of rotatable bonds is 4. The number of nitrogens with zero attached hydrogens (tertiary/aromatic N) is 2. The molecule has 0 radical (unpaired) electrons. The van der Waals surface area contributed by atoms with Crippen molar-refractivity contribution in [1.82, 2.24) is 9.78 Å². The molecule has 0 aromatic carbocycles. The van der Waals surface area contributed by atoms with Gasteiger partial charge in [-0.25, -0.2) is 4.79 Å². The molecule has 1 amide bonds. The van der Waals surface area contributed by atoms with Crippen LogP contribution < -0.4 is 5.32 Å². The first-order valence-electron chi connectivity index (χ1n) is 7.09. The molecule has 1 heterocycles. The number of hydrogen-bond donors (Lipinski definition) is 2. The third-order valence-corrected chi connectivity index (χ3v) is 4.75. The fourth-order valence-corrected chi connectivity index (χ4v) is 3.85. The average molecular weight is 277 g/mol. The van der Waals surface area contributed by atoms with Gasteiger partial charge < -0.3 is 10.4 Å². The van der Waals surface area contributed by atoms with Gasteiger partial charge in [0.25, 0.3) is 0 Å². The molecule has 0 saturated heterocycles. The molecule has 20 heavy (non-hydrogen) atoms. The highest BCUT2D eigenvalue weighted by Gasteiger charge is 2.40. The second-order valence-electron chi connectivity index (χ2n) is 6.02. The topological polar surface area (TPSA) is 84.2 Å². The van der Waals surface area contributed by atoms with Gasteiger partial charge in [0.1, 0.15) is 0 Å². The van der Waals surface area contributed by atoms with Crippen LogP contribution in [0.25, 0.3) is 0 Å². The number of aromatic carboxylic acids is 1. The van der Waals surface area contributed by atoms with Crippen LogP contribution in [0.4, 0.5) is 5.69 Å². The number of carboxylic acids is 1. The Kier molecular flexibility index (Phi) is 3.23. The maximum atomic E-state index is 12.1. The molecule has 2 bridgehead atoms. The van der Waals surface area contributed by atoms with Crippen LogP contribution in [0.5, 0.6) is 0 Å². The molecule has 1 aromatic heterocycles. The highest BCUT2D eigenvalue weighted by molar-refractivity contribution is 5.99. The number of carbonyl (C=O) groups is 2. The van der Waals surface area contributed by atoms with E-state index in [9.17, 15) is 9.59 Å². The molecule has 3 unspecified atom stereocenters. The smallest absolute Gasteiger partial charge is 0.356 e. The number of amides is 1. The van der Waals surface area contributed by atoms with Crippen LogP contribution in [0.15, 0.2) is 6.20 Å². The molecule has 2 aliphatic rings. The van der Waals surface area contributed by atoms with Crippen molar-refractivity contribution in [2.45, 2.75) is 32.1 Å². The second kappa shape index (κ2) is 4.92. The number of carbonyl (C=O) groups excluding carboxylic acids is 1. The van der Waals surface area contributed by atoms with Gasteiger partial charge in [0, 0.05) is 13.5 Å². The number of fused-ring (bicyclic) bond motifs is 2. The largest absolute Gasteiger partial charge is 0.476 e. The molecule has 6 heteroatoms.